The Bertz CT molecular complexity index is 722. The van der Waals surface area contributed by atoms with Gasteiger partial charge in [-0.25, -0.2) is 4.39 Å². The summed E-state index contributed by atoms with van der Waals surface area (Å²) in [6.07, 6.45) is -4.62. The van der Waals surface area contributed by atoms with E-state index >= 15 is 0 Å². The average Bonchev–Trinajstić information content (AvgIpc) is 2.41. The van der Waals surface area contributed by atoms with Crippen molar-refractivity contribution in [2.45, 2.75) is 6.18 Å². The first-order valence-electron chi connectivity index (χ1n) is 5.55. The van der Waals surface area contributed by atoms with Gasteiger partial charge in [0, 0.05) is 6.07 Å². The van der Waals surface area contributed by atoms with Gasteiger partial charge in [0.25, 0.3) is 0 Å². The Kier molecular flexibility index (Phi) is 4.05. The van der Waals surface area contributed by atoms with Crippen molar-refractivity contribution in [1.29, 1.82) is 5.26 Å². The highest BCUT2D eigenvalue weighted by Gasteiger charge is 2.33. The van der Waals surface area contributed by atoms with Gasteiger partial charge in [-0.2, -0.15) is 18.4 Å². The lowest BCUT2D eigenvalue weighted by atomic mass is 10.1. The van der Waals surface area contributed by atoms with Crippen LogP contribution in [0.4, 0.5) is 17.6 Å². The van der Waals surface area contributed by atoms with Crippen LogP contribution in [0.3, 0.4) is 0 Å². The highest BCUT2D eigenvalue weighted by atomic mass is 35.5. The van der Waals surface area contributed by atoms with Crippen LogP contribution in [-0.2, 0) is 6.18 Å². The number of benzene rings is 2. The molecule has 2 aromatic carbocycles. The fourth-order valence-electron chi connectivity index (χ4n) is 1.60. The summed E-state index contributed by atoms with van der Waals surface area (Å²) >= 11 is 5.57. The van der Waals surface area contributed by atoms with E-state index in [1.54, 1.807) is 0 Å². The Labute approximate surface area is 122 Å². The first kappa shape index (κ1) is 15.1. The summed E-state index contributed by atoms with van der Waals surface area (Å²) in [6, 6.07) is 7.75. The van der Waals surface area contributed by atoms with E-state index in [1.165, 1.54) is 18.2 Å². The van der Waals surface area contributed by atoms with Crippen molar-refractivity contribution in [2.24, 2.45) is 0 Å². The molecule has 0 spiro atoms. The van der Waals surface area contributed by atoms with Crippen molar-refractivity contribution < 1.29 is 22.3 Å². The largest absolute Gasteiger partial charge is 0.457 e. The number of rotatable bonds is 2. The molecule has 0 amide bonds. The summed E-state index contributed by atoms with van der Waals surface area (Å²) in [6.45, 7) is 0. The predicted octanol–water partition coefficient (Wildman–Crippen LogP) is 5.16. The van der Waals surface area contributed by atoms with Crippen molar-refractivity contribution >= 4 is 11.6 Å². The average molecular weight is 316 g/mol. The first-order valence-corrected chi connectivity index (χ1v) is 5.93. The summed E-state index contributed by atoms with van der Waals surface area (Å²) in [5.41, 5.74) is -1.61. The molecule has 0 heterocycles. The van der Waals surface area contributed by atoms with Crippen molar-refractivity contribution in [1.82, 2.24) is 0 Å². The molecule has 0 fully saturated rings. The minimum atomic E-state index is -4.62. The van der Waals surface area contributed by atoms with Crippen LogP contribution in [0.2, 0.25) is 5.02 Å². The molecule has 2 rings (SSSR count). The van der Waals surface area contributed by atoms with E-state index in [0.717, 1.165) is 24.3 Å². The van der Waals surface area contributed by atoms with E-state index in [4.69, 9.17) is 21.6 Å². The van der Waals surface area contributed by atoms with E-state index in [0.29, 0.717) is 0 Å². The summed E-state index contributed by atoms with van der Waals surface area (Å²) in [5, 5.41) is 8.60. The van der Waals surface area contributed by atoms with E-state index in [9.17, 15) is 17.6 Å². The summed E-state index contributed by atoms with van der Waals surface area (Å²) < 4.78 is 56.2. The monoisotopic (exact) mass is 315 g/mol. The Balaban J connectivity index is 2.34. The van der Waals surface area contributed by atoms with Crippen LogP contribution >= 0.6 is 11.6 Å². The van der Waals surface area contributed by atoms with E-state index in [-0.39, 0.29) is 16.5 Å². The third-order valence-electron chi connectivity index (χ3n) is 2.54. The Hall–Kier alpha value is -2.26. The third kappa shape index (κ3) is 3.44. The van der Waals surface area contributed by atoms with Gasteiger partial charge in [0.1, 0.15) is 17.3 Å². The van der Waals surface area contributed by atoms with Crippen LogP contribution < -0.4 is 4.74 Å². The van der Waals surface area contributed by atoms with Crippen LogP contribution in [0.1, 0.15) is 11.1 Å². The number of ether oxygens (including phenoxy) is 1. The maximum atomic E-state index is 13.0. The number of alkyl halides is 3. The van der Waals surface area contributed by atoms with Crippen molar-refractivity contribution in [3.05, 3.63) is 58.4 Å². The molecule has 2 aromatic rings. The molecule has 0 aliphatic heterocycles. The molecule has 2 nitrogen and oxygen atoms in total. The van der Waals surface area contributed by atoms with Gasteiger partial charge in [-0.3, -0.25) is 0 Å². The van der Waals surface area contributed by atoms with Crippen molar-refractivity contribution in [3.8, 4) is 17.6 Å². The molecule has 0 radical (unpaired) electrons. The molecule has 0 atom stereocenters. The number of hydrogen-bond acceptors (Lipinski definition) is 2. The van der Waals surface area contributed by atoms with Gasteiger partial charge in [0.15, 0.2) is 0 Å². The smallest absolute Gasteiger partial charge is 0.417 e. The molecule has 7 heteroatoms. The number of halogens is 5. The second-order valence-corrected chi connectivity index (χ2v) is 4.40. The number of nitriles is 1. The molecule has 0 aliphatic carbocycles. The predicted molar refractivity (Wildman–Crippen MR) is 67.6 cm³/mol. The molecule has 21 heavy (non-hydrogen) atoms. The van der Waals surface area contributed by atoms with Gasteiger partial charge in [-0.15, -0.1) is 0 Å². The molecule has 0 aliphatic rings. The normalized spacial score (nSPS) is 11.0. The highest BCUT2D eigenvalue weighted by Crippen LogP contribution is 2.34. The first-order chi connectivity index (χ1) is 9.81. The highest BCUT2D eigenvalue weighted by molar-refractivity contribution is 6.30. The lowest BCUT2D eigenvalue weighted by Gasteiger charge is -2.11. The van der Waals surface area contributed by atoms with Gasteiger partial charge < -0.3 is 4.74 Å². The minimum Gasteiger partial charge on any atom is -0.457 e. The van der Waals surface area contributed by atoms with Gasteiger partial charge in [-0.05, 0) is 30.3 Å². The molecule has 0 unspecified atom stereocenters. The Morgan fingerprint density at radius 1 is 1.05 bits per heavy atom. The zero-order chi connectivity index (χ0) is 15.6. The lowest BCUT2D eigenvalue weighted by molar-refractivity contribution is -0.137. The van der Waals surface area contributed by atoms with E-state index in [1.807, 2.05) is 0 Å². The fourth-order valence-corrected chi connectivity index (χ4v) is 1.77. The van der Waals surface area contributed by atoms with Gasteiger partial charge in [0.2, 0.25) is 0 Å². The van der Waals surface area contributed by atoms with Crippen LogP contribution in [0.15, 0.2) is 36.4 Å². The lowest BCUT2D eigenvalue weighted by Crippen LogP contribution is -2.07. The van der Waals surface area contributed by atoms with Crippen LogP contribution in [0, 0.1) is 17.1 Å². The molecular formula is C14H6ClF4NO. The molecular weight excluding hydrogens is 310 g/mol. The molecule has 0 bridgehead atoms. The second kappa shape index (κ2) is 5.62. The van der Waals surface area contributed by atoms with Crippen LogP contribution in [0.25, 0.3) is 0 Å². The Morgan fingerprint density at radius 2 is 1.67 bits per heavy atom. The maximum Gasteiger partial charge on any atom is 0.417 e. The van der Waals surface area contributed by atoms with Crippen LogP contribution in [0.5, 0.6) is 11.5 Å². The summed E-state index contributed by atoms with van der Waals surface area (Å²) in [7, 11) is 0. The SMILES string of the molecule is N#Cc1cc(Oc2ccc(F)c(Cl)c2)ccc1C(F)(F)F. The molecule has 108 valence electrons. The third-order valence-corrected chi connectivity index (χ3v) is 2.83. The molecule has 0 N–H and O–H groups in total. The molecule has 0 saturated heterocycles. The molecule has 0 aromatic heterocycles. The minimum absolute atomic E-state index is 0.0159. The van der Waals surface area contributed by atoms with E-state index in [2.05, 4.69) is 0 Å². The molecule has 0 saturated carbocycles. The van der Waals surface area contributed by atoms with E-state index < -0.39 is 23.1 Å². The van der Waals surface area contributed by atoms with Crippen molar-refractivity contribution in [3.63, 3.8) is 0 Å². The van der Waals surface area contributed by atoms with Gasteiger partial charge in [0.05, 0.1) is 22.2 Å². The fraction of sp³-hybridized carbons (Fsp3) is 0.0714. The number of nitrogens with zero attached hydrogens (tertiary/aromatic N) is 1. The van der Waals surface area contributed by atoms with Gasteiger partial charge in [-0.1, -0.05) is 11.6 Å². The summed E-state index contributed by atoms with van der Waals surface area (Å²) in [5.74, 6) is -0.485. The van der Waals surface area contributed by atoms with Crippen molar-refractivity contribution in [2.75, 3.05) is 0 Å². The zero-order valence-corrected chi connectivity index (χ0v) is 11.0. The Morgan fingerprint density at radius 3 is 2.24 bits per heavy atom. The zero-order valence-electron chi connectivity index (χ0n) is 10.2. The standard InChI is InChI=1S/C14H6ClF4NO/c15-12-6-10(2-4-13(12)16)21-9-1-3-11(14(17,18)19)8(5-9)7-20/h1-6H. The van der Waals surface area contributed by atoms with Gasteiger partial charge >= 0.3 is 6.18 Å². The second-order valence-electron chi connectivity index (χ2n) is 3.99. The maximum absolute atomic E-state index is 13.0. The summed E-state index contributed by atoms with van der Waals surface area (Å²) in [4.78, 5) is 0. The number of hydrogen-bond donors (Lipinski definition) is 0. The quantitative estimate of drug-likeness (QED) is 0.717. The topological polar surface area (TPSA) is 33.0 Å². The van der Waals surface area contributed by atoms with Crippen LogP contribution in [-0.4, -0.2) is 0 Å².